The van der Waals surface area contributed by atoms with E-state index in [-0.39, 0.29) is 12.5 Å². The van der Waals surface area contributed by atoms with Gasteiger partial charge in [0.25, 0.3) is 0 Å². The molecule has 0 aromatic carbocycles. The van der Waals surface area contributed by atoms with Gasteiger partial charge in [0, 0.05) is 0 Å². The molecule has 0 aliphatic rings. The summed E-state index contributed by atoms with van der Waals surface area (Å²) in [5.74, 6) is -3.13. The molecule has 0 radical (unpaired) electrons. The van der Waals surface area contributed by atoms with E-state index in [1.165, 1.54) is 6.92 Å². The van der Waals surface area contributed by atoms with E-state index in [2.05, 4.69) is 16.0 Å². The molecule has 0 saturated heterocycles. The zero-order chi connectivity index (χ0) is 18.9. The van der Waals surface area contributed by atoms with Crippen molar-refractivity contribution in [3.05, 3.63) is 0 Å². The Bertz CT molecular complexity index is 468. The lowest BCUT2D eigenvalue weighted by atomic mass is 10.0. The quantitative estimate of drug-likeness (QED) is 0.255. The summed E-state index contributed by atoms with van der Waals surface area (Å²) in [6.45, 7) is 4.05. The first-order valence-electron chi connectivity index (χ1n) is 7.56. The van der Waals surface area contributed by atoms with Crippen LogP contribution in [0, 0.1) is 5.92 Å². The molecule has 0 aliphatic carbocycles. The molecule has 3 amide bonds. The number of rotatable bonds is 10. The second-order valence-electron chi connectivity index (χ2n) is 5.77. The summed E-state index contributed by atoms with van der Waals surface area (Å²) in [5, 5.41) is 24.6. The van der Waals surface area contributed by atoms with Crippen LogP contribution in [0.15, 0.2) is 0 Å². The first-order valence-corrected chi connectivity index (χ1v) is 7.56. The zero-order valence-electron chi connectivity index (χ0n) is 14.0. The Morgan fingerprint density at radius 1 is 0.958 bits per heavy atom. The van der Waals surface area contributed by atoms with Gasteiger partial charge in [-0.25, -0.2) is 4.79 Å². The molecule has 7 N–H and O–H groups in total. The van der Waals surface area contributed by atoms with E-state index >= 15 is 0 Å². The number of aliphatic carboxylic acids is 1. The van der Waals surface area contributed by atoms with Crippen LogP contribution in [0.2, 0.25) is 0 Å². The molecule has 0 spiro atoms. The van der Waals surface area contributed by atoms with E-state index in [0.717, 1.165) is 0 Å². The van der Waals surface area contributed by atoms with Gasteiger partial charge in [0.1, 0.15) is 18.1 Å². The summed E-state index contributed by atoms with van der Waals surface area (Å²) in [6.07, 6.45) is 0.348. The van der Waals surface area contributed by atoms with E-state index in [4.69, 9.17) is 15.9 Å². The molecule has 0 fully saturated rings. The van der Waals surface area contributed by atoms with Crippen LogP contribution in [0.5, 0.6) is 0 Å². The van der Waals surface area contributed by atoms with Crippen LogP contribution in [0.4, 0.5) is 0 Å². The van der Waals surface area contributed by atoms with E-state index in [9.17, 15) is 19.2 Å². The highest BCUT2D eigenvalue weighted by molar-refractivity contribution is 5.93. The third-order valence-corrected chi connectivity index (χ3v) is 3.09. The van der Waals surface area contributed by atoms with Crippen molar-refractivity contribution in [2.24, 2.45) is 11.7 Å². The van der Waals surface area contributed by atoms with Gasteiger partial charge in [0.2, 0.25) is 17.7 Å². The molecule has 0 saturated carbocycles. The third kappa shape index (κ3) is 7.88. The molecular formula is C14H26N4O6. The molecule has 10 heteroatoms. The van der Waals surface area contributed by atoms with Crippen molar-refractivity contribution in [2.75, 3.05) is 13.2 Å². The van der Waals surface area contributed by atoms with Crippen molar-refractivity contribution >= 4 is 23.7 Å². The smallest absolute Gasteiger partial charge is 0.328 e. The van der Waals surface area contributed by atoms with Gasteiger partial charge in [-0.05, 0) is 19.3 Å². The summed E-state index contributed by atoms with van der Waals surface area (Å²) in [6, 6.07) is -3.36. The number of hydrogen-bond acceptors (Lipinski definition) is 6. The fourth-order valence-electron chi connectivity index (χ4n) is 1.82. The highest BCUT2D eigenvalue weighted by Crippen LogP contribution is 2.05. The Morgan fingerprint density at radius 3 is 1.96 bits per heavy atom. The number of amides is 3. The van der Waals surface area contributed by atoms with E-state index in [1.807, 2.05) is 13.8 Å². The predicted octanol–water partition coefficient (Wildman–Crippen LogP) is -2.46. The first-order chi connectivity index (χ1) is 11.1. The predicted molar refractivity (Wildman–Crippen MR) is 84.7 cm³/mol. The zero-order valence-corrected chi connectivity index (χ0v) is 14.0. The number of carbonyl (C=O) groups is 4. The Labute approximate surface area is 140 Å². The minimum Gasteiger partial charge on any atom is -0.480 e. The standard InChI is InChI=1S/C14H26N4O6/c1-7(2)4-9(17-11(20)5-15)13(22)16-8(3)12(21)18-10(6-19)14(23)24/h7-10,19H,4-6,15H2,1-3H3,(H,16,22)(H,17,20)(H,18,21)(H,23,24). The molecule has 0 bridgehead atoms. The third-order valence-electron chi connectivity index (χ3n) is 3.09. The average Bonchev–Trinajstić information content (AvgIpc) is 2.50. The van der Waals surface area contributed by atoms with Gasteiger partial charge in [0.15, 0.2) is 0 Å². The summed E-state index contributed by atoms with van der Waals surface area (Å²) in [5.41, 5.74) is 5.21. The normalized spacial score (nSPS) is 14.4. The summed E-state index contributed by atoms with van der Waals surface area (Å²) >= 11 is 0. The SMILES string of the molecule is CC(C)CC(NC(=O)CN)C(=O)NC(C)C(=O)NC(CO)C(=O)O. The fraction of sp³-hybridized carbons (Fsp3) is 0.714. The lowest BCUT2D eigenvalue weighted by molar-refractivity contribution is -0.143. The lowest BCUT2D eigenvalue weighted by Crippen LogP contribution is -2.55. The van der Waals surface area contributed by atoms with Gasteiger partial charge in [-0.15, -0.1) is 0 Å². The minimum atomic E-state index is -1.46. The van der Waals surface area contributed by atoms with Crippen LogP contribution in [0.1, 0.15) is 27.2 Å². The van der Waals surface area contributed by atoms with Crippen LogP contribution >= 0.6 is 0 Å². The van der Waals surface area contributed by atoms with Gasteiger partial charge in [-0.3, -0.25) is 14.4 Å². The highest BCUT2D eigenvalue weighted by Gasteiger charge is 2.27. The fourth-order valence-corrected chi connectivity index (χ4v) is 1.82. The maximum atomic E-state index is 12.2. The van der Waals surface area contributed by atoms with Crippen LogP contribution in [-0.2, 0) is 19.2 Å². The summed E-state index contributed by atoms with van der Waals surface area (Å²) in [4.78, 5) is 46.3. The Balaban J connectivity index is 4.79. The second kappa shape index (κ2) is 10.6. The maximum Gasteiger partial charge on any atom is 0.328 e. The molecule has 0 heterocycles. The van der Waals surface area contributed by atoms with Crippen molar-refractivity contribution in [1.82, 2.24) is 16.0 Å². The van der Waals surface area contributed by atoms with Gasteiger partial charge in [-0.1, -0.05) is 13.8 Å². The second-order valence-corrected chi connectivity index (χ2v) is 5.77. The largest absolute Gasteiger partial charge is 0.480 e. The molecule has 24 heavy (non-hydrogen) atoms. The van der Waals surface area contributed by atoms with Crippen molar-refractivity contribution < 1.29 is 29.4 Å². The number of nitrogens with two attached hydrogens (primary N) is 1. The number of nitrogens with one attached hydrogen (secondary N) is 3. The van der Waals surface area contributed by atoms with Crippen molar-refractivity contribution in [2.45, 2.75) is 45.3 Å². The number of carbonyl (C=O) groups excluding carboxylic acids is 3. The lowest BCUT2D eigenvalue weighted by Gasteiger charge is -2.23. The molecule has 3 atom stereocenters. The van der Waals surface area contributed by atoms with Gasteiger partial charge in [0.05, 0.1) is 13.2 Å². The number of carboxylic acids is 1. The topological polar surface area (TPSA) is 171 Å². The Hall–Kier alpha value is -2.20. The Morgan fingerprint density at radius 2 is 1.54 bits per heavy atom. The van der Waals surface area contributed by atoms with E-state index in [0.29, 0.717) is 6.42 Å². The van der Waals surface area contributed by atoms with Crippen LogP contribution in [-0.4, -0.2) is 65.2 Å². The molecule has 0 aromatic heterocycles. The van der Waals surface area contributed by atoms with E-state index in [1.54, 1.807) is 0 Å². The molecule has 0 aliphatic heterocycles. The van der Waals surface area contributed by atoms with Crippen LogP contribution in [0.3, 0.4) is 0 Å². The van der Waals surface area contributed by atoms with Gasteiger partial charge in [-0.2, -0.15) is 0 Å². The monoisotopic (exact) mass is 346 g/mol. The average molecular weight is 346 g/mol. The van der Waals surface area contributed by atoms with Crippen molar-refractivity contribution in [1.29, 1.82) is 0 Å². The first kappa shape index (κ1) is 21.8. The van der Waals surface area contributed by atoms with Gasteiger partial charge >= 0.3 is 5.97 Å². The molecule has 3 unspecified atom stereocenters. The minimum absolute atomic E-state index is 0.105. The van der Waals surface area contributed by atoms with Crippen molar-refractivity contribution in [3.8, 4) is 0 Å². The van der Waals surface area contributed by atoms with Gasteiger partial charge < -0.3 is 31.9 Å². The number of hydrogen-bond donors (Lipinski definition) is 6. The van der Waals surface area contributed by atoms with Crippen LogP contribution in [0.25, 0.3) is 0 Å². The maximum absolute atomic E-state index is 12.2. The Kier molecular flexibility index (Phi) is 9.58. The number of aliphatic hydroxyl groups excluding tert-OH is 1. The summed E-state index contributed by atoms with van der Waals surface area (Å²) in [7, 11) is 0. The highest BCUT2D eigenvalue weighted by atomic mass is 16.4. The molecule has 10 nitrogen and oxygen atoms in total. The summed E-state index contributed by atoms with van der Waals surface area (Å²) < 4.78 is 0. The number of carboxylic acid groups (broad SMARTS) is 1. The number of aliphatic hydroxyl groups is 1. The molecule has 0 rings (SSSR count). The van der Waals surface area contributed by atoms with Crippen molar-refractivity contribution in [3.63, 3.8) is 0 Å². The van der Waals surface area contributed by atoms with E-state index < -0.39 is 48.4 Å². The molecule has 0 aromatic rings. The van der Waals surface area contributed by atoms with Crippen LogP contribution < -0.4 is 21.7 Å². The molecular weight excluding hydrogens is 320 g/mol. The molecule has 138 valence electrons.